The summed E-state index contributed by atoms with van der Waals surface area (Å²) in [5.41, 5.74) is 0.823. The summed E-state index contributed by atoms with van der Waals surface area (Å²) in [4.78, 5) is 28.0. The van der Waals surface area contributed by atoms with Crippen LogP contribution in [0.1, 0.15) is 60.7 Å². The Bertz CT molecular complexity index is 886. The number of hydrogen-bond acceptors (Lipinski definition) is 4. The Kier molecular flexibility index (Phi) is 6.14. The van der Waals surface area contributed by atoms with Gasteiger partial charge in [-0.1, -0.05) is 38.1 Å². The molecule has 0 saturated carbocycles. The second-order valence-corrected chi connectivity index (χ2v) is 9.84. The van der Waals surface area contributed by atoms with E-state index < -0.39 is 0 Å². The van der Waals surface area contributed by atoms with Crippen LogP contribution in [0.5, 0.6) is 5.75 Å². The molecule has 3 heterocycles. The summed E-state index contributed by atoms with van der Waals surface area (Å²) in [6, 6.07) is 11.9. The first-order valence-electron chi connectivity index (χ1n) is 10.8. The van der Waals surface area contributed by atoms with Crippen molar-refractivity contribution in [3.8, 4) is 5.75 Å². The van der Waals surface area contributed by atoms with Crippen LogP contribution < -0.4 is 10.1 Å². The number of nitrogens with one attached hydrogen (secondary N) is 1. The molecule has 2 aromatic rings. The van der Waals surface area contributed by atoms with Gasteiger partial charge in [-0.05, 0) is 35.4 Å². The molecular weight excluding hydrogens is 396 g/mol. The van der Waals surface area contributed by atoms with E-state index >= 15 is 0 Å². The first kappa shape index (κ1) is 20.9. The van der Waals surface area contributed by atoms with Gasteiger partial charge in [0.15, 0.2) is 0 Å². The van der Waals surface area contributed by atoms with E-state index in [0.29, 0.717) is 32.0 Å². The van der Waals surface area contributed by atoms with Crippen LogP contribution in [0.2, 0.25) is 0 Å². The van der Waals surface area contributed by atoms with Gasteiger partial charge in [-0.15, -0.1) is 11.3 Å². The number of ether oxygens (including phenoxy) is 1. The Hall–Kier alpha value is -2.34. The van der Waals surface area contributed by atoms with Crippen LogP contribution in [0, 0.1) is 5.92 Å². The van der Waals surface area contributed by atoms with Crippen molar-refractivity contribution in [3.05, 3.63) is 52.2 Å². The minimum Gasteiger partial charge on any atom is -0.487 e. The lowest BCUT2D eigenvalue weighted by Crippen LogP contribution is -2.52. The average Bonchev–Trinajstić information content (AvgIpc) is 3.27. The molecule has 0 aliphatic carbocycles. The molecule has 0 bridgehead atoms. The summed E-state index contributed by atoms with van der Waals surface area (Å²) < 4.78 is 6.52. The number of likely N-dealkylation sites (tertiary alicyclic amines) is 1. The molecule has 0 radical (unpaired) electrons. The van der Waals surface area contributed by atoms with Crippen LogP contribution in [-0.2, 0) is 4.79 Å². The van der Waals surface area contributed by atoms with E-state index in [2.05, 4.69) is 25.2 Å². The van der Waals surface area contributed by atoms with Gasteiger partial charge in [0, 0.05) is 44.8 Å². The minimum absolute atomic E-state index is 0.103. The second kappa shape index (κ2) is 8.80. The highest BCUT2D eigenvalue weighted by Crippen LogP contribution is 2.46. The molecule has 160 valence electrons. The first-order chi connectivity index (χ1) is 14.5. The van der Waals surface area contributed by atoms with Crippen molar-refractivity contribution in [2.75, 3.05) is 19.6 Å². The molecule has 30 heavy (non-hydrogen) atoms. The fourth-order valence-corrected chi connectivity index (χ4v) is 5.21. The van der Waals surface area contributed by atoms with Crippen molar-refractivity contribution in [2.45, 2.75) is 51.0 Å². The zero-order valence-electron chi connectivity index (χ0n) is 17.7. The molecule has 1 aromatic heterocycles. The molecule has 5 nitrogen and oxygen atoms in total. The Morgan fingerprint density at radius 2 is 1.97 bits per heavy atom. The maximum Gasteiger partial charge on any atom is 0.263 e. The van der Waals surface area contributed by atoms with Crippen LogP contribution >= 0.6 is 11.3 Å². The van der Waals surface area contributed by atoms with Crippen LogP contribution in [0.15, 0.2) is 41.8 Å². The average molecular weight is 427 g/mol. The molecule has 1 aromatic carbocycles. The standard InChI is InChI=1S/C24H30N2O3S/c1-17(2)16-25-22(27)14-18-15-24(29-20-7-4-3-6-19(18)20)9-11-26(12-10-24)23(28)21-8-5-13-30-21/h3-8,13,17-18H,9-12,14-16H2,1-2H3,(H,25,27). The normalized spacial score (nSPS) is 20.0. The maximum atomic E-state index is 12.7. The van der Waals surface area contributed by atoms with Gasteiger partial charge < -0.3 is 15.0 Å². The highest BCUT2D eigenvalue weighted by molar-refractivity contribution is 7.12. The van der Waals surface area contributed by atoms with E-state index in [1.165, 1.54) is 11.3 Å². The second-order valence-electron chi connectivity index (χ2n) is 8.90. The van der Waals surface area contributed by atoms with Crippen LogP contribution in [0.3, 0.4) is 0 Å². The summed E-state index contributed by atoms with van der Waals surface area (Å²) >= 11 is 1.49. The summed E-state index contributed by atoms with van der Waals surface area (Å²) in [6.45, 7) is 6.28. The number of piperidine rings is 1. The van der Waals surface area contributed by atoms with Gasteiger partial charge in [0.2, 0.25) is 5.91 Å². The van der Waals surface area contributed by atoms with E-state index in [9.17, 15) is 9.59 Å². The monoisotopic (exact) mass is 426 g/mol. The lowest BCUT2D eigenvalue weighted by atomic mass is 9.76. The van der Waals surface area contributed by atoms with Crippen molar-refractivity contribution in [1.82, 2.24) is 10.2 Å². The fraction of sp³-hybridized carbons (Fsp3) is 0.500. The molecular formula is C24H30N2O3S. The number of benzene rings is 1. The number of fused-ring (bicyclic) bond motifs is 1. The van der Waals surface area contributed by atoms with Crippen molar-refractivity contribution in [1.29, 1.82) is 0 Å². The molecule has 1 spiro atoms. The van der Waals surface area contributed by atoms with E-state index in [1.807, 2.05) is 40.6 Å². The summed E-state index contributed by atoms with van der Waals surface area (Å²) in [6.07, 6.45) is 2.89. The first-order valence-corrected chi connectivity index (χ1v) is 11.7. The zero-order chi connectivity index (χ0) is 21.1. The summed E-state index contributed by atoms with van der Waals surface area (Å²) in [5.74, 6) is 1.68. The van der Waals surface area contributed by atoms with Crippen molar-refractivity contribution in [2.24, 2.45) is 5.92 Å². The molecule has 2 aliphatic heterocycles. The summed E-state index contributed by atoms with van der Waals surface area (Å²) in [7, 11) is 0. The van der Waals surface area contributed by atoms with Gasteiger partial charge in [-0.25, -0.2) is 0 Å². The third-order valence-electron chi connectivity index (χ3n) is 6.14. The third kappa shape index (κ3) is 4.53. The molecule has 1 atom stereocenters. The molecule has 1 fully saturated rings. The topological polar surface area (TPSA) is 58.6 Å². The van der Waals surface area contributed by atoms with Gasteiger partial charge in [-0.3, -0.25) is 9.59 Å². The Labute approximate surface area is 182 Å². The molecule has 4 rings (SSSR count). The SMILES string of the molecule is CC(C)CNC(=O)CC1CC2(CCN(C(=O)c3cccs3)CC2)Oc2ccccc21. The van der Waals surface area contributed by atoms with Crippen molar-refractivity contribution in [3.63, 3.8) is 0 Å². The molecule has 1 saturated heterocycles. The Balaban J connectivity index is 1.46. The van der Waals surface area contributed by atoms with Crippen LogP contribution in [-0.4, -0.2) is 41.9 Å². The number of amides is 2. The van der Waals surface area contributed by atoms with Gasteiger partial charge >= 0.3 is 0 Å². The molecule has 6 heteroatoms. The zero-order valence-corrected chi connectivity index (χ0v) is 18.5. The molecule has 2 aliphatic rings. The molecule has 2 amide bonds. The number of nitrogens with zero attached hydrogens (tertiary/aromatic N) is 1. The maximum absolute atomic E-state index is 12.7. The third-order valence-corrected chi connectivity index (χ3v) is 6.99. The number of para-hydroxylation sites is 1. The van der Waals surface area contributed by atoms with Crippen molar-refractivity contribution >= 4 is 23.2 Å². The van der Waals surface area contributed by atoms with Crippen molar-refractivity contribution < 1.29 is 14.3 Å². The predicted molar refractivity (Wildman–Crippen MR) is 119 cm³/mol. The largest absolute Gasteiger partial charge is 0.487 e. The predicted octanol–water partition coefficient (Wildman–Crippen LogP) is 4.45. The van der Waals surface area contributed by atoms with E-state index in [1.54, 1.807) is 0 Å². The lowest BCUT2D eigenvalue weighted by molar-refractivity contribution is -0.122. The quantitative estimate of drug-likeness (QED) is 0.768. The van der Waals surface area contributed by atoms with Crippen LogP contribution in [0.4, 0.5) is 0 Å². The van der Waals surface area contributed by atoms with Gasteiger partial charge in [0.1, 0.15) is 11.4 Å². The van der Waals surface area contributed by atoms with Gasteiger partial charge in [-0.2, -0.15) is 0 Å². The number of hydrogen-bond donors (Lipinski definition) is 1. The number of carbonyl (C=O) groups excluding carboxylic acids is 2. The van der Waals surface area contributed by atoms with Gasteiger partial charge in [0.25, 0.3) is 5.91 Å². The number of rotatable bonds is 5. The lowest BCUT2D eigenvalue weighted by Gasteiger charge is -2.46. The van der Waals surface area contributed by atoms with Gasteiger partial charge in [0.05, 0.1) is 4.88 Å². The fourth-order valence-electron chi connectivity index (χ4n) is 4.52. The van der Waals surface area contributed by atoms with E-state index in [0.717, 1.165) is 35.5 Å². The molecule has 1 unspecified atom stereocenters. The van der Waals surface area contributed by atoms with Crippen LogP contribution in [0.25, 0.3) is 0 Å². The molecule has 1 N–H and O–H groups in total. The highest BCUT2D eigenvalue weighted by Gasteiger charge is 2.44. The van der Waals surface area contributed by atoms with E-state index in [-0.39, 0.29) is 23.3 Å². The summed E-state index contributed by atoms with van der Waals surface area (Å²) in [5, 5.41) is 5.00. The Morgan fingerprint density at radius 3 is 2.67 bits per heavy atom. The van der Waals surface area contributed by atoms with E-state index in [4.69, 9.17) is 4.74 Å². The minimum atomic E-state index is -0.302. The number of thiophene rings is 1. The number of carbonyl (C=O) groups is 2. The Morgan fingerprint density at radius 1 is 1.20 bits per heavy atom. The smallest absolute Gasteiger partial charge is 0.263 e. The highest BCUT2D eigenvalue weighted by atomic mass is 32.1.